The van der Waals surface area contributed by atoms with Crippen LogP contribution in [0.4, 0.5) is 0 Å². The lowest BCUT2D eigenvalue weighted by Crippen LogP contribution is -2.43. The third kappa shape index (κ3) is 3.95. The molecule has 0 saturated carbocycles. The second kappa shape index (κ2) is 6.65. The fourth-order valence-corrected chi connectivity index (χ4v) is 2.73. The highest BCUT2D eigenvalue weighted by molar-refractivity contribution is 6.60. The molecule has 0 aromatic rings. The maximum absolute atomic E-state index is 11.3. The van der Waals surface area contributed by atoms with E-state index in [0.29, 0.717) is 11.5 Å². The van der Waals surface area contributed by atoms with Crippen molar-refractivity contribution in [3.05, 3.63) is 11.7 Å². The van der Waals surface area contributed by atoms with Gasteiger partial charge in [-0.2, -0.15) is 0 Å². The summed E-state index contributed by atoms with van der Waals surface area (Å²) in [6.07, 6.45) is 4.92. The molecule has 2 fully saturated rings. The van der Waals surface area contributed by atoms with Crippen molar-refractivity contribution in [1.29, 1.82) is 5.41 Å². The third-order valence-electron chi connectivity index (χ3n) is 5.12. The molecule has 0 aromatic heterocycles. The van der Waals surface area contributed by atoms with Crippen molar-refractivity contribution in [2.75, 3.05) is 13.1 Å². The third-order valence-corrected chi connectivity index (χ3v) is 5.12. The summed E-state index contributed by atoms with van der Waals surface area (Å²) in [6.45, 7) is 11.2. The van der Waals surface area contributed by atoms with Crippen LogP contribution in [0, 0.1) is 5.41 Å². The fraction of sp³-hybridized carbons (Fsp3) is 0.750. The first-order chi connectivity index (χ1) is 10.7. The molecule has 0 bridgehead atoms. The van der Waals surface area contributed by atoms with Gasteiger partial charge >= 0.3 is 7.12 Å². The van der Waals surface area contributed by atoms with Crippen molar-refractivity contribution < 1.29 is 14.1 Å². The van der Waals surface area contributed by atoms with Gasteiger partial charge in [0, 0.05) is 37.7 Å². The van der Waals surface area contributed by atoms with Gasteiger partial charge in [0.1, 0.15) is 0 Å². The summed E-state index contributed by atoms with van der Waals surface area (Å²) in [5.41, 5.74) is -0.142. The van der Waals surface area contributed by atoms with E-state index in [2.05, 4.69) is 5.32 Å². The Balaban J connectivity index is 1.94. The molecule has 0 spiro atoms. The van der Waals surface area contributed by atoms with Gasteiger partial charge in [0.2, 0.25) is 5.91 Å². The van der Waals surface area contributed by atoms with Crippen LogP contribution >= 0.6 is 0 Å². The minimum absolute atomic E-state index is 0.136. The van der Waals surface area contributed by atoms with E-state index in [4.69, 9.17) is 14.7 Å². The first-order valence-corrected chi connectivity index (χ1v) is 8.24. The Bertz CT molecular complexity index is 481. The van der Waals surface area contributed by atoms with Crippen LogP contribution in [0.5, 0.6) is 0 Å². The van der Waals surface area contributed by atoms with Crippen molar-refractivity contribution in [3.8, 4) is 0 Å². The smallest absolute Gasteiger partial charge is 0.399 e. The van der Waals surface area contributed by atoms with Crippen LogP contribution in [0.3, 0.4) is 0 Å². The Hall–Kier alpha value is -1.34. The van der Waals surface area contributed by atoms with E-state index >= 15 is 0 Å². The molecule has 6 nitrogen and oxygen atoms in total. The average molecular weight is 321 g/mol. The predicted molar refractivity (Wildman–Crippen MR) is 91.4 cm³/mol. The number of rotatable bonds is 4. The Morgan fingerprint density at radius 3 is 2.17 bits per heavy atom. The monoisotopic (exact) mass is 321 g/mol. The van der Waals surface area contributed by atoms with Crippen LogP contribution in [0.2, 0.25) is 0 Å². The highest BCUT2D eigenvalue weighted by atomic mass is 16.7. The van der Waals surface area contributed by atoms with Gasteiger partial charge in [-0.15, -0.1) is 0 Å². The second-order valence-corrected chi connectivity index (χ2v) is 7.32. The normalized spacial score (nSPS) is 24.7. The molecule has 2 heterocycles. The van der Waals surface area contributed by atoms with Gasteiger partial charge in [0.15, 0.2) is 0 Å². The molecule has 2 N–H and O–H groups in total. The van der Waals surface area contributed by atoms with Crippen molar-refractivity contribution in [2.24, 2.45) is 0 Å². The molecule has 1 amide bonds. The van der Waals surface area contributed by atoms with Crippen LogP contribution in [0.25, 0.3) is 0 Å². The standard InChI is InChI=1S/C16H28BN3O3/c1-12(21)20-8-6-14(7-9-20)19-11-13(10-18)17-22-15(2,3)16(4,5)23-17/h10-11,14,18-19H,6-9H2,1-5H3/b13-11+,18-10?. The summed E-state index contributed by atoms with van der Waals surface area (Å²) in [7, 11) is -0.526. The summed E-state index contributed by atoms with van der Waals surface area (Å²) in [5.74, 6) is 0.136. The SMILES string of the molecule is CC(=O)N1CCC(N/C=C(\C=N)B2OC(C)(C)C(C)(C)O2)CC1. The number of carbonyl (C=O) groups excluding carboxylic acids is 1. The molecule has 0 atom stereocenters. The molecule has 0 radical (unpaired) electrons. The van der Waals surface area contributed by atoms with Crippen LogP contribution in [0.15, 0.2) is 11.7 Å². The number of likely N-dealkylation sites (tertiary alicyclic amines) is 1. The molecule has 0 aromatic carbocycles. The molecular formula is C16H28BN3O3. The van der Waals surface area contributed by atoms with Crippen LogP contribution in [-0.2, 0) is 14.1 Å². The van der Waals surface area contributed by atoms with Gasteiger partial charge in [0.05, 0.1) is 11.2 Å². The quantitative estimate of drug-likeness (QED) is 0.611. The van der Waals surface area contributed by atoms with Gasteiger partial charge in [-0.3, -0.25) is 4.79 Å². The second-order valence-electron chi connectivity index (χ2n) is 7.32. The lowest BCUT2D eigenvalue weighted by molar-refractivity contribution is -0.129. The molecule has 128 valence electrons. The average Bonchev–Trinajstić information content (AvgIpc) is 2.68. The first-order valence-electron chi connectivity index (χ1n) is 8.24. The van der Waals surface area contributed by atoms with Crippen molar-refractivity contribution in [1.82, 2.24) is 10.2 Å². The minimum Gasteiger partial charge on any atom is -0.399 e. The summed E-state index contributed by atoms with van der Waals surface area (Å²) in [4.78, 5) is 13.2. The first kappa shape index (κ1) is 18.0. The predicted octanol–water partition coefficient (Wildman–Crippen LogP) is 1.75. The number of carbonyl (C=O) groups is 1. The zero-order valence-electron chi connectivity index (χ0n) is 14.8. The topological polar surface area (TPSA) is 74.7 Å². The Morgan fingerprint density at radius 1 is 1.22 bits per heavy atom. The van der Waals surface area contributed by atoms with Crippen molar-refractivity contribution in [3.63, 3.8) is 0 Å². The lowest BCUT2D eigenvalue weighted by atomic mass is 9.79. The maximum Gasteiger partial charge on any atom is 0.497 e. The van der Waals surface area contributed by atoms with E-state index in [1.165, 1.54) is 6.21 Å². The molecule has 2 saturated heterocycles. The van der Waals surface area contributed by atoms with Crippen LogP contribution in [-0.4, -0.2) is 54.5 Å². The molecular weight excluding hydrogens is 293 g/mol. The van der Waals surface area contributed by atoms with Gasteiger partial charge in [-0.25, -0.2) is 0 Å². The number of amides is 1. The Morgan fingerprint density at radius 2 is 1.74 bits per heavy atom. The van der Waals surface area contributed by atoms with E-state index in [0.717, 1.165) is 25.9 Å². The van der Waals surface area contributed by atoms with E-state index in [9.17, 15) is 4.79 Å². The number of nitrogens with one attached hydrogen (secondary N) is 2. The number of allylic oxidation sites excluding steroid dienone is 1. The minimum atomic E-state index is -0.526. The fourth-order valence-electron chi connectivity index (χ4n) is 2.73. The highest BCUT2D eigenvalue weighted by Crippen LogP contribution is 2.38. The van der Waals surface area contributed by atoms with Crippen molar-refractivity contribution >= 4 is 19.2 Å². The maximum atomic E-state index is 11.3. The van der Waals surface area contributed by atoms with E-state index in [1.54, 1.807) is 6.92 Å². The summed E-state index contributed by atoms with van der Waals surface area (Å²) >= 11 is 0. The number of hydrogen-bond acceptors (Lipinski definition) is 5. The molecule has 23 heavy (non-hydrogen) atoms. The van der Waals surface area contributed by atoms with Crippen LogP contribution in [0.1, 0.15) is 47.5 Å². The summed E-state index contributed by atoms with van der Waals surface area (Å²) < 4.78 is 11.9. The molecule has 2 aliphatic rings. The molecule has 2 aliphatic heterocycles. The summed E-state index contributed by atoms with van der Waals surface area (Å²) in [5, 5.41) is 11.0. The molecule has 7 heteroatoms. The van der Waals surface area contributed by atoms with Gasteiger partial charge < -0.3 is 24.9 Å². The highest BCUT2D eigenvalue weighted by Gasteiger charge is 2.52. The number of nitrogens with zero attached hydrogens (tertiary/aromatic N) is 1. The molecule has 2 rings (SSSR count). The van der Waals surface area contributed by atoms with Crippen LogP contribution < -0.4 is 5.32 Å². The Labute approximate surface area is 139 Å². The van der Waals surface area contributed by atoms with Gasteiger partial charge in [-0.05, 0) is 46.7 Å². The number of piperidine rings is 1. The summed E-state index contributed by atoms with van der Waals surface area (Å²) in [6, 6.07) is 0.308. The molecule has 0 unspecified atom stereocenters. The molecule has 0 aliphatic carbocycles. The lowest BCUT2D eigenvalue weighted by Gasteiger charge is -2.32. The van der Waals surface area contributed by atoms with E-state index in [1.807, 2.05) is 38.8 Å². The number of hydrogen-bond donors (Lipinski definition) is 2. The van der Waals surface area contributed by atoms with Gasteiger partial charge in [-0.1, -0.05) is 0 Å². The van der Waals surface area contributed by atoms with E-state index in [-0.39, 0.29) is 5.91 Å². The largest absolute Gasteiger partial charge is 0.497 e. The zero-order chi connectivity index (χ0) is 17.3. The zero-order valence-corrected chi connectivity index (χ0v) is 14.8. The van der Waals surface area contributed by atoms with Gasteiger partial charge in [0.25, 0.3) is 0 Å². The Kier molecular flexibility index (Phi) is 5.21. The van der Waals surface area contributed by atoms with E-state index < -0.39 is 18.3 Å². The van der Waals surface area contributed by atoms with Crippen molar-refractivity contribution in [2.45, 2.75) is 64.7 Å².